The Morgan fingerprint density at radius 2 is 2.25 bits per heavy atom. The number of carbonyl (C=O) groups is 1. The minimum Gasteiger partial charge on any atom is -0.370 e. The van der Waals surface area contributed by atoms with Gasteiger partial charge in [-0.3, -0.25) is 9.69 Å². The Labute approximate surface area is 119 Å². The molecule has 0 radical (unpaired) electrons. The van der Waals surface area contributed by atoms with Crippen molar-refractivity contribution in [2.45, 2.75) is 38.3 Å². The summed E-state index contributed by atoms with van der Waals surface area (Å²) in [5, 5.41) is 6.24. The summed E-state index contributed by atoms with van der Waals surface area (Å²) in [5.74, 6) is 0.799. The van der Waals surface area contributed by atoms with Crippen LogP contribution in [0.2, 0.25) is 0 Å². The maximum absolute atomic E-state index is 12.2. The minimum absolute atomic E-state index is 0.0109. The summed E-state index contributed by atoms with van der Waals surface area (Å²) in [6, 6.07) is 4.76. The van der Waals surface area contributed by atoms with Crippen LogP contribution in [0.3, 0.4) is 0 Å². The molecule has 1 aliphatic heterocycles. The number of pyridine rings is 1. The molecule has 1 aliphatic carbocycles. The van der Waals surface area contributed by atoms with E-state index in [2.05, 4.69) is 20.5 Å². The lowest BCUT2D eigenvalue weighted by Crippen LogP contribution is -2.37. The van der Waals surface area contributed by atoms with Gasteiger partial charge in [0, 0.05) is 37.9 Å². The van der Waals surface area contributed by atoms with E-state index < -0.39 is 0 Å². The molecule has 2 heterocycles. The van der Waals surface area contributed by atoms with Crippen molar-refractivity contribution in [3.05, 3.63) is 23.9 Å². The van der Waals surface area contributed by atoms with Gasteiger partial charge in [-0.1, -0.05) is 0 Å². The van der Waals surface area contributed by atoms with E-state index in [1.54, 1.807) is 6.20 Å². The molecule has 1 unspecified atom stereocenters. The van der Waals surface area contributed by atoms with Gasteiger partial charge >= 0.3 is 0 Å². The molecule has 5 heteroatoms. The number of nitrogens with one attached hydrogen (secondary N) is 2. The third-order valence-electron chi connectivity index (χ3n) is 4.00. The van der Waals surface area contributed by atoms with Gasteiger partial charge in [0.2, 0.25) is 0 Å². The van der Waals surface area contributed by atoms with Gasteiger partial charge in [0.25, 0.3) is 5.91 Å². The van der Waals surface area contributed by atoms with Crippen LogP contribution in [0.15, 0.2) is 18.3 Å². The lowest BCUT2D eigenvalue weighted by Gasteiger charge is -2.15. The first-order chi connectivity index (χ1) is 9.76. The summed E-state index contributed by atoms with van der Waals surface area (Å²) in [6.45, 7) is 4.97. The molecule has 20 heavy (non-hydrogen) atoms. The van der Waals surface area contributed by atoms with Crippen LogP contribution in [0.5, 0.6) is 0 Å². The Bertz CT molecular complexity index is 469. The van der Waals surface area contributed by atoms with E-state index in [1.807, 2.05) is 19.1 Å². The van der Waals surface area contributed by atoms with Crippen molar-refractivity contribution in [3.63, 3.8) is 0 Å². The number of hydrogen-bond acceptors (Lipinski definition) is 4. The Hall–Kier alpha value is -1.62. The van der Waals surface area contributed by atoms with Crippen molar-refractivity contribution in [2.75, 3.05) is 25.0 Å². The molecule has 1 saturated heterocycles. The number of carbonyl (C=O) groups excluding carboxylic acids is 1. The summed E-state index contributed by atoms with van der Waals surface area (Å²) >= 11 is 0. The smallest absolute Gasteiger partial charge is 0.253 e. The van der Waals surface area contributed by atoms with Crippen LogP contribution in [0.1, 0.15) is 36.5 Å². The predicted octanol–water partition coefficient (Wildman–Crippen LogP) is 1.48. The highest BCUT2D eigenvalue weighted by atomic mass is 16.1. The van der Waals surface area contributed by atoms with Crippen LogP contribution in [0, 0.1) is 0 Å². The fourth-order valence-electron chi connectivity index (χ4n) is 2.76. The Balaban J connectivity index is 1.53. The van der Waals surface area contributed by atoms with Crippen molar-refractivity contribution in [2.24, 2.45) is 0 Å². The van der Waals surface area contributed by atoms with Gasteiger partial charge in [0.15, 0.2) is 0 Å². The summed E-state index contributed by atoms with van der Waals surface area (Å²) in [5.41, 5.74) is 0.636. The van der Waals surface area contributed by atoms with Crippen LogP contribution < -0.4 is 10.6 Å². The van der Waals surface area contributed by atoms with Gasteiger partial charge in [-0.05, 0) is 38.3 Å². The van der Waals surface area contributed by atoms with Crippen LogP contribution in [0.4, 0.5) is 5.82 Å². The van der Waals surface area contributed by atoms with Crippen molar-refractivity contribution >= 4 is 11.7 Å². The van der Waals surface area contributed by atoms with Crippen LogP contribution in [-0.2, 0) is 0 Å². The third-order valence-corrected chi connectivity index (χ3v) is 4.00. The fourth-order valence-corrected chi connectivity index (χ4v) is 2.76. The molecular weight excluding hydrogens is 252 g/mol. The van der Waals surface area contributed by atoms with E-state index in [0.29, 0.717) is 5.56 Å². The van der Waals surface area contributed by atoms with E-state index in [9.17, 15) is 4.79 Å². The number of amides is 1. The number of anilines is 1. The summed E-state index contributed by atoms with van der Waals surface area (Å²) < 4.78 is 0. The van der Waals surface area contributed by atoms with Crippen LogP contribution in [0.25, 0.3) is 0 Å². The van der Waals surface area contributed by atoms with Gasteiger partial charge in [0.05, 0.1) is 5.56 Å². The molecule has 2 aliphatic rings. The molecule has 108 valence electrons. The molecular formula is C15H22N4O. The second kappa shape index (κ2) is 5.79. The lowest BCUT2D eigenvalue weighted by molar-refractivity contribution is 0.0937. The molecule has 2 N–H and O–H groups in total. The van der Waals surface area contributed by atoms with E-state index >= 15 is 0 Å². The van der Waals surface area contributed by atoms with Crippen molar-refractivity contribution in [1.29, 1.82) is 0 Å². The topological polar surface area (TPSA) is 57.3 Å². The molecule has 5 nitrogen and oxygen atoms in total. The van der Waals surface area contributed by atoms with Gasteiger partial charge in [0.1, 0.15) is 5.82 Å². The standard InChI is InChI=1S/C15H22N4O/c1-2-16-14-6-3-11(9-17-14)15(20)18-12-7-8-19(10-12)13-4-5-13/h3,6,9,12-13H,2,4-5,7-8,10H2,1H3,(H,16,17)(H,18,20). The Kier molecular flexibility index (Phi) is 3.87. The molecule has 0 spiro atoms. The summed E-state index contributed by atoms with van der Waals surface area (Å²) in [6.07, 6.45) is 5.36. The fraction of sp³-hybridized carbons (Fsp3) is 0.600. The zero-order valence-corrected chi connectivity index (χ0v) is 11.9. The second-order valence-electron chi connectivity index (χ2n) is 5.65. The molecule has 2 fully saturated rings. The normalized spacial score (nSPS) is 22.8. The van der Waals surface area contributed by atoms with Crippen LogP contribution in [-0.4, -0.2) is 47.5 Å². The SMILES string of the molecule is CCNc1ccc(C(=O)NC2CCN(C3CC3)C2)cn1. The largest absolute Gasteiger partial charge is 0.370 e. The molecule has 3 rings (SSSR count). The number of likely N-dealkylation sites (tertiary alicyclic amines) is 1. The van der Waals surface area contributed by atoms with E-state index in [0.717, 1.165) is 37.9 Å². The molecule has 1 aromatic rings. The van der Waals surface area contributed by atoms with Gasteiger partial charge < -0.3 is 10.6 Å². The van der Waals surface area contributed by atoms with Crippen molar-refractivity contribution < 1.29 is 4.79 Å². The average Bonchev–Trinajstić information content (AvgIpc) is 3.21. The van der Waals surface area contributed by atoms with E-state index in [-0.39, 0.29) is 11.9 Å². The second-order valence-corrected chi connectivity index (χ2v) is 5.65. The minimum atomic E-state index is -0.0109. The number of rotatable bonds is 5. The quantitative estimate of drug-likeness (QED) is 0.854. The van der Waals surface area contributed by atoms with Crippen molar-refractivity contribution in [3.8, 4) is 0 Å². The molecule has 1 amide bonds. The maximum Gasteiger partial charge on any atom is 0.253 e. The van der Waals surface area contributed by atoms with E-state index in [1.165, 1.54) is 12.8 Å². The number of hydrogen-bond donors (Lipinski definition) is 2. The summed E-state index contributed by atoms with van der Waals surface area (Å²) in [4.78, 5) is 18.9. The van der Waals surface area contributed by atoms with Gasteiger partial charge in [-0.25, -0.2) is 4.98 Å². The molecule has 1 saturated carbocycles. The highest BCUT2D eigenvalue weighted by molar-refractivity contribution is 5.94. The predicted molar refractivity (Wildman–Crippen MR) is 78.9 cm³/mol. The lowest BCUT2D eigenvalue weighted by atomic mass is 10.2. The first kappa shape index (κ1) is 13.4. The first-order valence-electron chi connectivity index (χ1n) is 7.51. The van der Waals surface area contributed by atoms with Gasteiger partial charge in [-0.2, -0.15) is 0 Å². The Morgan fingerprint density at radius 3 is 2.90 bits per heavy atom. The zero-order valence-electron chi connectivity index (χ0n) is 11.9. The summed E-state index contributed by atoms with van der Waals surface area (Å²) in [7, 11) is 0. The monoisotopic (exact) mass is 274 g/mol. The third kappa shape index (κ3) is 3.10. The van der Waals surface area contributed by atoms with Crippen molar-refractivity contribution in [1.82, 2.24) is 15.2 Å². The molecule has 1 aromatic heterocycles. The average molecular weight is 274 g/mol. The highest BCUT2D eigenvalue weighted by Crippen LogP contribution is 2.29. The van der Waals surface area contributed by atoms with Gasteiger partial charge in [-0.15, -0.1) is 0 Å². The van der Waals surface area contributed by atoms with E-state index in [4.69, 9.17) is 0 Å². The maximum atomic E-state index is 12.2. The molecule has 1 atom stereocenters. The molecule has 0 bridgehead atoms. The zero-order chi connectivity index (χ0) is 13.9. The first-order valence-corrected chi connectivity index (χ1v) is 7.51. The molecule has 0 aromatic carbocycles. The number of nitrogens with zero attached hydrogens (tertiary/aromatic N) is 2. The van der Waals surface area contributed by atoms with Crippen LogP contribution >= 0.6 is 0 Å². The highest BCUT2D eigenvalue weighted by Gasteiger charge is 2.34. The number of aromatic nitrogens is 1. The Morgan fingerprint density at radius 1 is 1.40 bits per heavy atom.